The molecule has 5 nitrogen and oxygen atoms in total. The Morgan fingerprint density at radius 2 is 0.846 bits per heavy atom. The predicted molar refractivity (Wildman–Crippen MR) is 214 cm³/mol. The number of hydrogen-bond acceptors (Lipinski definition) is 3. The fourth-order valence-electron chi connectivity index (χ4n) is 8.04. The van der Waals surface area contributed by atoms with Crippen LogP contribution >= 0.6 is 0 Å². The molecule has 3 aromatic heterocycles. The lowest BCUT2D eigenvalue weighted by Gasteiger charge is -2.12. The highest BCUT2D eigenvalue weighted by molar-refractivity contribution is 6.28. The maximum absolute atomic E-state index is 5.32. The largest absolute Gasteiger partial charge is 0.309 e. The zero-order chi connectivity index (χ0) is 34.2. The number of rotatable bonds is 4. The Kier molecular flexibility index (Phi) is 6.18. The van der Waals surface area contributed by atoms with Crippen molar-refractivity contribution in [3.05, 3.63) is 176 Å². The van der Waals surface area contributed by atoms with Crippen molar-refractivity contribution in [2.75, 3.05) is 0 Å². The van der Waals surface area contributed by atoms with Gasteiger partial charge in [0.1, 0.15) is 0 Å². The Hall–Kier alpha value is -7.11. The van der Waals surface area contributed by atoms with Crippen LogP contribution in [0.25, 0.3) is 99.6 Å². The van der Waals surface area contributed by atoms with E-state index in [9.17, 15) is 0 Å². The highest BCUT2D eigenvalue weighted by Gasteiger charge is 2.21. The average molecular weight is 664 g/mol. The Bertz CT molecular complexity index is 3080. The Balaban J connectivity index is 1.22. The second kappa shape index (κ2) is 11.2. The Labute approximate surface area is 298 Å². The summed E-state index contributed by atoms with van der Waals surface area (Å²) in [5.74, 6) is 1.84. The van der Waals surface area contributed by atoms with Crippen molar-refractivity contribution < 1.29 is 0 Å². The van der Waals surface area contributed by atoms with Crippen LogP contribution in [0.15, 0.2) is 176 Å². The molecule has 0 spiro atoms. The lowest BCUT2D eigenvalue weighted by Crippen LogP contribution is -2.06. The van der Waals surface area contributed by atoms with Crippen LogP contribution in [0.5, 0.6) is 0 Å². The number of benzene rings is 8. The number of aromatic nitrogens is 5. The van der Waals surface area contributed by atoms with E-state index in [2.05, 4.69) is 167 Å². The summed E-state index contributed by atoms with van der Waals surface area (Å²) in [6, 6.07) is 62.0. The van der Waals surface area contributed by atoms with Crippen molar-refractivity contribution in [2.24, 2.45) is 0 Å². The van der Waals surface area contributed by atoms with Gasteiger partial charge in [-0.15, -0.1) is 0 Å². The normalized spacial score (nSPS) is 11.8. The summed E-state index contributed by atoms with van der Waals surface area (Å²) >= 11 is 0. The van der Waals surface area contributed by atoms with Crippen molar-refractivity contribution in [1.82, 2.24) is 24.1 Å². The molecular formula is C47H29N5. The van der Waals surface area contributed by atoms with Gasteiger partial charge in [0.25, 0.3) is 0 Å². The van der Waals surface area contributed by atoms with Gasteiger partial charge in [-0.2, -0.15) is 9.97 Å². The Morgan fingerprint density at radius 3 is 1.52 bits per heavy atom. The summed E-state index contributed by atoms with van der Waals surface area (Å²) in [7, 11) is 0. The number of para-hydroxylation sites is 2. The third-order valence-electron chi connectivity index (χ3n) is 10.3. The van der Waals surface area contributed by atoms with Crippen LogP contribution in [0, 0.1) is 0 Å². The fourth-order valence-corrected chi connectivity index (χ4v) is 8.04. The molecule has 0 fully saturated rings. The third-order valence-corrected chi connectivity index (χ3v) is 10.3. The van der Waals surface area contributed by atoms with Gasteiger partial charge in [0.15, 0.2) is 11.6 Å². The van der Waals surface area contributed by atoms with Crippen molar-refractivity contribution in [2.45, 2.75) is 0 Å². The third kappa shape index (κ3) is 4.26. The van der Waals surface area contributed by atoms with Gasteiger partial charge in [0, 0.05) is 38.4 Å². The molecular weight excluding hydrogens is 635 g/mol. The molecule has 11 aromatic rings. The van der Waals surface area contributed by atoms with Crippen molar-refractivity contribution in [3.63, 3.8) is 0 Å². The topological polar surface area (TPSA) is 48.5 Å². The molecule has 0 atom stereocenters. The first kappa shape index (κ1) is 28.7. The quantitative estimate of drug-likeness (QED) is 0.188. The molecule has 0 N–H and O–H groups in total. The van der Waals surface area contributed by atoms with Crippen LogP contribution in [0.4, 0.5) is 0 Å². The molecule has 0 aliphatic rings. The number of nitrogens with zero attached hydrogens (tertiary/aromatic N) is 5. The summed E-state index contributed by atoms with van der Waals surface area (Å²) in [4.78, 5) is 15.7. The second-order valence-corrected chi connectivity index (χ2v) is 13.3. The molecule has 0 radical (unpaired) electrons. The van der Waals surface area contributed by atoms with Gasteiger partial charge >= 0.3 is 0 Å². The smallest absolute Gasteiger partial charge is 0.238 e. The summed E-state index contributed by atoms with van der Waals surface area (Å²) < 4.78 is 4.55. The standard InChI is InChI=1S/C47H29N5/c1-3-15-32(16-4-1)45-48-46(33-25-26-40-38(29-33)37-21-11-12-22-39(37)51(40)34-17-5-2-6-18-34)50-47(49-45)52-41-27-23-30-13-7-9-19-35(30)43(41)44-36-20-10-8-14-31(36)24-28-42(44)52/h1-29H. The maximum Gasteiger partial charge on any atom is 0.238 e. The van der Waals surface area contributed by atoms with Gasteiger partial charge in [0.05, 0.1) is 22.1 Å². The highest BCUT2D eigenvalue weighted by atomic mass is 15.2. The van der Waals surface area contributed by atoms with E-state index < -0.39 is 0 Å². The summed E-state index contributed by atoms with van der Waals surface area (Å²) in [5, 5.41) is 9.54. The zero-order valence-electron chi connectivity index (χ0n) is 28.0. The summed E-state index contributed by atoms with van der Waals surface area (Å²) in [5.41, 5.74) is 7.40. The van der Waals surface area contributed by atoms with E-state index in [0.717, 1.165) is 44.3 Å². The SMILES string of the molecule is c1ccc(-c2nc(-c3ccc4c(c3)c3ccccc3n4-c3ccccc3)nc(-n3c4ccc5ccccc5c4c4c5ccccc5ccc43)n2)cc1. The van der Waals surface area contributed by atoms with Crippen molar-refractivity contribution in [3.8, 4) is 34.4 Å². The molecule has 0 saturated carbocycles. The number of hydrogen-bond donors (Lipinski definition) is 0. The first-order chi connectivity index (χ1) is 25.8. The van der Waals surface area contributed by atoms with Crippen LogP contribution < -0.4 is 0 Å². The molecule has 0 bridgehead atoms. The highest BCUT2D eigenvalue weighted by Crippen LogP contribution is 2.41. The van der Waals surface area contributed by atoms with E-state index in [-0.39, 0.29) is 0 Å². The molecule has 3 heterocycles. The van der Waals surface area contributed by atoms with Crippen molar-refractivity contribution >= 4 is 65.2 Å². The first-order valence-corrected chi connectivity index (χ1v) is 17.5. The van der Waals surface area contributed by atoms with E-state index in [1.54, 1.807) is 0 Å². The molecule has 11 rings (SSSR count). The molecule has 0 unspecified atom stereocenters. The first-order valence-electron chi connectivity index (χ1n) is 17.5. The molecule has 0 saturated heterocycles. The van der Waals surface area contributed by atoms with Gasteiger partial charge in [0.2, 0.25) is 5.95 Å². The van der Waals surface area contributed by atoms with Gasteiger partial charge in [-0.3, -0.25) is 4.57 Å². The predicted octanol–water partition coefficient (Wildman–Crippen LogP) is 11.7. The summed E-state index contributed by atoms with van der Waals surface area (Å²) in [6.07, 6.45) is 0. The fraction of sp³-hybridized carbons (Fsp3) is 0. The minimum atomic E-state index is 0.584. The van der Waals surface area contributed by atoms with Gasteiger partial charge < -0.3 is 4.57 Å². The lowest BCUT2D eigenvalue weighted by molar-refractivity contribution is 0.954. The van der Waals surface area contributed by atoms with E-state index >= 15 is 0 Å². The van der Waals surface area contributed by atoms with Crippen LogP contribution in [-0.4, -0.2) is 24.1 Å². The van der Waals surface area contributed by atoms with Gasteiger partial charge in [-0.05, 0) is 70.1 Å². The molecule has 8 aromatic carbocycles. The van der Waals surface area contributed by atoms with Crippen LogP contribution in [0.2, 0.25) is 0 Å². The van der Waals surface area contributed by atoms with Gasteiger partial charge in [-0.1, -0.05) is 127 Å². The Morgan fingerprint density at radius 1 is 0.327 bits per heavy atom. The molecule has 0 amide bonds. The van der Waals surface area contributed by atoms with E-state index in [1.807, 2.05) is 18.2 Å². The molecule has 5 heteroatoms. The van der Waals surface area contributed by atoms with Crippen molar-refractivity contribution in [1.29, 1.82) is 0 Å². The van der Waals surface area contributed by atoms with E-state index in [4.69, 9.17) is 15.0 Å². The average Bonchev–Trinajstić information content (AvgIpc) is 3.74. The molecule has 0 aliphatic heterocycles. The van der Waals surface area contributed by atoms with E-state index in [0.29, 0.717) is 17.6 Å². The van der Waals surface area contributed by atoms with Crippen LogP contribution in [0.1, 0.15) is 0 Å². The van der Waals surface area contributed by atoms with Gasteiger partial charge in [-0.25, -0.2) is 4.98 Å². The molecule has 52 heavy (non-hydrogen) atoms. The van der Waals surface area contributed by atoms with Crippen LogP contribution in [-0.2, 0) is 0 Å². The molecule has 242 valence electrons. The monoisotopic (exact) mass is 663 g/mol. The minimum Gasteiger partial charge on any atom is -0.309 e. The molecule has 0 aliphatic carbocycles. The summed E-state index contributed by atoms with van der Waals surface area (Å²) in [6.45, 7) is 0. The number of fused-ring (bicyclic) bond motifs is 10. The minimum absolute atomic E-state index is 0.584. The lowest BCUT2D eigenvalue weighted by atomic mass is 10.00. The van der Waals surface area contributed by atoms with Crippen LogP contribution in [0.3, 0.4) is 0 Å². The van der Waals surface area contributed by atoms with E-state index in [1.165, 1.54) is 37.7 Å². The second-order valence-electron chi connectivity index (χ2n) is 13.3. The maximum atomic E-state index is 5.32. The zero-order valence-corrected chi connectivity index (χ0v) is 28.0.